The van der Waals surface area contributed by atoms with Crippen LogP contribution < -0.4 is 15.8 Å². The third-order valence-corrected chi connectivity index (χ3v) is 8.91. The molecule has 1 amide bonds. The molecular formula is C30H34FN3O5S. The number of carboxylic acid groups (broad SMARTS) is 1. The SMILES string of the molecule is C[C@@H](NC(=O)[C@H]1CC[C@H](NS(=O)(=O)c2ccc(-c3ccc(C[C@@H](N)C(=O)O)cc3)cc2)CC1)c1ccc(F)cc1. The van der Waals surface area contributed by atoms with Crippen molar-refractivity contribution in [1.82, 2.24) is 10.0 Å². The number of hydrogen-bond donors (Lipinski definition) is 4. The second-order valence-electron chi connectivity index (χ2n) is 10.3. The molecule has 0 heterocycles. The van der Waals surface area contributed by atoms with E-state index in [9.17, 15) is 22.4 Å². The number of sulfonamides is 1. The molecule has 2 atom stereocenters. The van der Waals surface area contributed by atoms with Gasteiger partial charge in [0.25, 0.3) is 0 Å². The van der Waals surface area contributed by atoms with E-state index in [4.69, 9.17) is 10.8 Å². The Bertz CT molecular complexity index is 1420. The van der Waals surface area contributed by atoms with Gasteiger partial charge < -0.3 is 16.2 Å². The van der Waals surface area contributed by atoms with E-state index in [1.54, 1.807) is 36.4 Å². The lowest BCUT2D eigenvalue weighted by Gasteiger charge is -2.29. The van der Waals surface area contributed by atoms with Crippen LogP contribution in [0.3, 0.4) is 0 Å². The van der Waals surface area contributed by atoms with Gasteiger partial charge in [-0.2, -0.15) is 0 Å². The zero-order valence-electron chi connectivity index (χ0n) is 22.2. The maximum absolute atomic E-state index is 13.2. The molecular weight excluding hydrogens is 533 g/mol. The smallest absolute Gasteiger partial charge is 0.320 e. The van der Waals surface area contributed by atoms with Gasteiger partial charge in [-0.05, 0) is 85.5 Å². The summed E-state index contributed by atoms with van der Waals surface area (Å²) in [5.74, 6) is -1.66. The van der Waals surface area contributed by atoms with Gasteiger partial charge >= 0.3 is 5.97 Å². The van der Waals surface area contributed by atoms with E-state index in [0.717, 1.165) is 22.3 Å². The minimum atomic E-state index is -3.73. The molecule has 1 fully saturated rings. The Balaban J connectivity index is 1.29. The summed E-state index contributed by atoms with van der Waals surface area (Å²) >= 11 is 0. The van der Waals surface area contributed by atoms with Gasteiger partial charge in [-0.15, -0.1) is 0 Å². The molecule has 1 saturated carbocycles. The summed E-state index contributed by atoms with van der Waals surface area (Å²) in [4.78, 5) is 23.9. The van der Waals surface area contributed by atoms with Gasteiger partial charge in [0.15, 0.2) is 0 Å². The molecule has 0 aromatic heterocycles. The molecule has 0 bridgehead atoms. The highest BCUT2D eigenvalue weighted by Crippen LogP contribution is 2.28. The summed E-state index contributed by atoms with van der Waals surface area (Å²) in [5, 5.41) is 12.0. The average Bonchev–Trinajstić information content (AvgIpc) is 2.94. The van der Waals surface area contributed by atoms with E-state index in [1.807, 2.05) is 31.2 Å². The summed E-state index contributed by atoms with van der Waals surface area (Å²) in [6.07, 6.45) is 2.47. The third-order valence-electron chi connectivity index (χ3n) is 7.37. The summed E-state index contributed by atoms with van der Waals surface area (Å²) in [7, 11) is -3.73. The van der Waals surface area contributed by atoms with Gasteiger partial charge in [0.2, 0.25) is 15.9 Å². The molecule has 3 aromatic carbocycles. The van der Waals surface area contributed by atoms with Crippen LogP contribution in [-0.2, 0) is 26.0 Å². The molecule has 40 heavy (non-hydrogen) atoms. The van der Waals surface area contributed by atoms with Crippen LogP contribution >= 0.6 is 0 Å². The molecule has 8 nitrogen and oxygen atoms in total. The van der Waals surface area contributed by atoms with E-state index in [-0.39, 0.29) is 41.0 Å². The summed E-state index contributed by atoms with van der Waals surface area (Å²) in [5.41, 5.74) is 8.91. The fraction of sp³-hybridized carbons (Fsp3) is 0.333. The number of carbonyl (C=O) groups excluding carboxylic acids is 1. The van der Waals surface area contributed by atoms with Crippen molar-refractivity contribution in [2.45, 2.75) is 62.0 Å². The minimum absolute atomic E-state index is 0.0773. The fourth-order valence-electron chi connectivity index (χ4n) is 4.93. The first-order valence-corrected chi connectivity index (χ1v) is 14.8. The topological polar surface area (TPSA) is 139 Å². The number of nitrogens with one attached hydrogen (secondary N) is 2. The fourth-order valence-corrected chi connectivity index (χ4v) is 6.23. The quantitative estimate of drug-likeness (QED) is 0.290. The van der Waals surface area contributed by atoms with Crippen molar-refractivity contribution in [3.8, 4) is 11.1 Å². The van der Waals surface area contributed by atoms with E-state index in [1.165, 1.54) is 12.1 Å². The van der Waals surface area contributed by atoms with Crippen LogP contribution in [0.5, 0.6) is 0 Å². The van der Waals surface area contributed by atoms with Crippen LogP contribution in [0.25, 0.3) is 11.1 Å². The average molecular weight is 568 g/mol. The number of carbonyl (C=O) groups is 2. The maximum atomic E-state index is 13.2. The van der Waals surface area contributed by atoms with Crippen molar-refractivity contribution in [1.29, 1.82) is 0 Å². The van der Waals surface area contributed by atoms with Crippen LogP contribution in [-0.4, -0.2) is 37.5 Å². The largest absolute Gasteiger partial charge is 0.480 e. The number of halogens is 1. The lowest BCUT2D eigenvalue weighted by Crippen LogP contribution is -2.41. The van der Waals surface area contributed by atoms with Gasteiger partial charge in [-0.3, -0.25) is 9.59 Å². The van der Waals surface area contributed by atoms with Gasteiger partial charge in [-0.25, -0.2) is 17.5 Å². The second kappa shape index (κ2) is 12.7. The molecule has 10 heteroatoms. The van der Waals surface area contributed by atoms with Gasteiger partial charge in [-0.1, -0.05) is 48.5 Å². The Labute approximate surface area is 233 Å². The van der Waals surface area contributed by atoms with E-state index < -0.39 is 22.0 Å². The zero-order chi connectivity index (χ0) is 28.9. The monoisotopic (exact) mass is 567 g/mol. The number of benzene rings is 3. The minimum Gasteiger partial charge on any atom is -0.480 e. The normalized spacial score (nSPS) is 19.0. The highest BCUT2D eigenvalue weighted by Gasteiger charge is 2.29. The summed E-state index contributed by atoms with van der Waals surface area (Å²) in [6.45, 7) is 1.85. The number of nitrogens with two attached hydrogens (primary N) is 1. The van der Waals surface area contributed by atoms with E-state index >= 15 is 0 Å². The highest BCUT2D eigenvalue weighted by atomic mass is 32.2. The Morgan fingerprint density at radius 3 is 2.02 bits per heavy atom. The predicted octanol–water partition coefficient (Wildman–Crippen LogP) is 4.16. The van der Waals surface area contributed by atoms with Crippen LogP contribution in [0.2, 0.25) is 0 Å². The first-order chi connectivity index (χ1) is 19.0. The maximum Gasteiger partial charge on any atom is 0.320 e. The van der Waals surface area contributed by atoms with Crippen molar-refractivity contribution in [3.05, 3.63) is 89.7 Å². The molecule has 1 aliphatic rings. The van der Waals surface area contributed by atoms with Crippen molar-refractivity contribution in [2.75, 3.05) is 0 Å². The van der Waals surface area contributed by atoms with Crippen LogP contribution in [0, 0.1) is 11.7 Å². The van der Waals surface area contributed by atoms with Crippen molar-refractivity contribution in [3.63, 3.8) is 0 Å². The zero-order valence-corrected chi connectivity index (χ0v) is 23.0. The Morgan fingerprint density at radius 1 is 0.925 bits per heavy atom. The number of rotatable bonds is 10. The molecule has 212 valence electrons. The molecule has 1 aliphatic carbocycles. The van der Waals surface area contributed by atoms with Crippen LogP contribution in [0.15, 0.2) is 77.7 Å². The Hall–Kier alpha value is -3.60. The van der Waals surface area contributed by atoms with Gasteiger partial charge in [0.1, 0.15) is 11.9 Å². The van der Waals surface area contributed by atoms with E-state index in [2.05, 4.69) is 10.0 Å². The Morgan fingerprint density at radius 2 is 1.48 bits per heavy atom. The molecule has 0 aliphatic heterocycles. The number of hydrogen-bond acceptors (Lipinski definition) is 5. The first-order valence-electron chi connectivity index (χ1n) is 13.3. The number of amides is 1. The third kappa shape index (κ3) is 7.53. The number of carboxylic acids is 1. The van der Waals surface area contributed by atoms with Crippen LogP contribution in [0.4, 0.5) is 4.39 Å². The predicted molar refractivity (Wildman–Crippen MR) is 150 cm³/mol. The summed E-state index contributed by atoms with van der Waals surface area (Å²) in [6, 6.07) is 18.4. The molecule has 4 rings (SSSR count). The van der Waals surface area contributed by atoms with Crippen molar-refractivity contribution in [2.24, 2.45) is 11.7 Å². The van der Waals surface area contributed by atoms with Crippen LogP contribution in [0.1, 0.15) is 49.8 Å². The lowest BCUT2D eigenvalue weighted by atomic mass is 9.85. The highest BCUT2D eigenvalue weighted by molar-refractivity contribution is 7.89. The Kier molecular flexibility index (Phi) is 9.34. The molecule has 0 saturated heterocycles. The molecule has 5 N–H and O–H groups in total. The number of aliphatic carboxylic acids is 1. The van der Waals surface area contributed by atoms with Crippen molar-refractivity contribution < 1.29 is 27.5 Å². The second-order valence-corrected chi connectivity index (χ2v) is 12.0. The standard InChI is InChI=1S/C30H34FN3O5S/c1-19(21-6-12-25(31)13-7-21)33-29(35)24-8-14-26(15-9-24)34-40(38,39)27-16-10-23(11-17-27)22-4-2-20(3-5-22)18-28(32)30(36)37/h2-7,10-13,16-17,19,24,26,28,34H,8-9,14-15,18,32H2,1H3,(H,33,35)(H,36,37)/t19-,24-,26-,28-/m1/s1. The van der Waals surface area contributed by atoms with Gasteiger partial charge in [0, 0.05) is 12.0 Å². The lowest BCUT2D eigenvalue weighted by molar-refractivity contribution is -0.138. The van der Waals surface area contributed by atoms with E-state index in [0.29, 0.717) is 25.7 Å². The molecule has 0 radical (unpaired) electrons. The van der Waals surface area contributed by atoms with Gasteiger partial charge in [0.05, 0.1) is 10.9 Å². The van der Waals surface area contributed by atoms with Crippen molar-refractivity contribution >= 4 is 21.9 Å². The first kappa shape index (κ1) is 29.4. The molecule has 0 spiro atoms. The summed E-state index contributed by atoms with van der Waals surface area (Å²) < 4.78 is 42.0. The molecule has 3 aromatic rings. The molecule has 0 unspecified atom stereocenters.